The minimum Gasteiger partial charge on any atom is -0.455 e. The molecule has 1 aromatic heterocycles. The standard InChI is InChI=1S/C50H33N2O/c1-3-15-33(16-4-1)51-29-30-52(34-17-5-2-6-18-34)47-32-45-41-25-13-24-40(43-27-14-26-42-38-22-11-12-28-48(38)53-50(42)43)49(41)39-23-10-9-20-36(39)35-19-7-8-21-37(35)44(45)31-46(47)51/h1-29,31-32H,30H2/q+1. The SMILES string of the molecule is C1=[N+](c2ccccc2)c2cc3c(cc2N(c2ccccc2)C1)-c1cccc(-c2cccc4c2oc2ccccc24)c1-c1ccccc1-c1ccccc1-3. The summed E-state index contributed by atoms with van der Waals surface area (Å²) >= 11 is 0. The molecule has 8 aromatic carbocycles. The van der Waals surface area contributed by atoms with E-state index in [9.17, 15) is 0 Å². The Balaban J connectivity index is 1.26. The van der Waals surface area contributed by atoms with Gasteiger partial charge in [-0.1, -0.05) is 140 Å². The van der Waals surface area contributed by atoms with Crippen molar-refractivity contribution in [1.82, 2.24) is 4.58 Å². The zero-order valence-electron chi connectivity index (χ0n) is 28.9. The fourth-order valence-electron chi connectivity index (χ4n) is 8.62. The van der Waals surface area contributed by atoms with Gasteiger partial charge in [-0.3, -0.25) is 0 Å². The van der Waals surface area contributed by atoms with E-state index in [4.69, 9.17) is 4.42 Å². The number of benzene rings is 8. The van der Waals surface area contributed by atoms with Gasteiger partial charge in [0.25, 0.3) is 0 Å². The lowest BCUT2D eigenvalue weighted by Gasteiger charge is -2.30. The van der Waals surface area contributed by atoms with Gasteiger partial charge in [-0.05, 0) is 74.3 Å². The molecule has 0 N–H and O–H groups in total. The van der Waals surface area contributed by atoms with Crippen molar-refractivity contribution in [2.24, 2.45) is 0 Å². The monoisotopic (exact) mass is 677 g/mol. The summed E-state index contributed by atoms with van der Waals surface area (Å²) in [5.41, 5.74) is 18.4. The maximum atomic E-state index is 6.67. The summed E-state index contributed by atoms with van der Waals surface area (Å²) in [6.45, 7) is 0.741. The molecule has 2 heterocycles. The molecule has 3 heteroatoms. The van der Waals surface area contributed by atoms with Crippen LogP contribution < -0.4 is 9.48 Å². The molecule has 0 atom stereocenters. The number of hydrogen-bond donors (Lipinski definition) is 0. The van der Waals surface area contributed by atoms with Crippen molar-refractivity contribution in [1.29, 1.82) is 0 Å². The minimum absolute atomic E-state index is 0.741. The van der Waals surface area contributed by atoms with E-state index in [-0.39, 0.29) is 0 Å². The molecular weight excluding hydrogens is 645 g/mol. The van der Waals surface area contributed by atoms with Crippen LogP contribution in [0.15, 0.2) is 186 Å². The Morgan fingerprint density at radius 2 is 0.981 bits per heavy atom. The van der Waals surface area contributed by atoms with Crippen molar-refractivity contribution in [3.05, 3.63) is 182 Å². The van der Waals surface area contributed by atoms with Gasteiger partial charge in [0.05, 0.1) is 0 Å². The fourth-order valence-corrected chi connectivity index (χ4v) is 8.62. The summed E-state index contributed by atoms with van der Waals surface area (Å²) < 4.78 is 9.04. The second-order valence-electron chi connectivity index (χ2n) is 13.8. The normalized spacial score (nSPS) is 12.9. The second-order valence-corrected chi connectivity index (χ2v) is 13.8. The summed E-state index contributed by atoms with van der Waals surface area (Å²) in [6.07, 6.45) is 2.31. The van der Waals surface area contributed by atoms with E-state index in [1.807, 2.05) is 6.07 Å². The first-order valence-electron chi connectivity index (χ1n) is 18.2. The number of hydrogen-bond acceptors (Lipinski definition) is 2. The fraction of sp³-hybridized carbons (Fsp3) is 0.0200. The lowest BCUT2D eigenvalue weighted by molar-refractivity contribution is 0.670. The van der Waals surface area contributed by atoms with Crippen LogP contribution >= 0.6 is 0 Å². The van der Waals surface area contributed by atoms with Gasteiger partial charge in [-0.2, -0.15) is 4.58 Å². The summed E-state index contributed by atoms with van der Waals surface area (Å²) in [7, 11) is 0. The zero-order chi connectivity index (χ0) is 34.9. The molecule has 0 fully saturated rings. The number of rotatable bonds is 3. The maximum Gasteiger partial charge on any atom is 0.235 e. The molecule has 1 aliphatic carbocycles. The molecule has 0 saturated carbocycles. The average molecular weight is 678 g/mol. The smallest absolute Gasteiger partial charge is 0.235 e. The molecule has 0 saturated heterocycles. The van der Waals surface area contributed by atoms with Gasteiger partial charge in [0, 0.05) is 40.2 Å². The molecule has 2 aliphatic rings. The quantitative estimate of drug-likeness (QED) is 0.173. The molecule has 3 nitrogen and oxygen atoms in total. The van der Waals surface area contributed by atoms with E-state index in [0.29, 0.717) is 0 Å². The molecule has 9 aromatic rings. The van der Waals surface area contributed by atoms with Crippen LogP contribution in [0.5, 0.6) is 0 Å². The molecule has 248 valence electrons. The van der Waals surface area contributed by atoms with Gasteiger partial charge in [0.2, 0.25) is 11.4 Å². The zero-order valence-corrected chi connectivity index (χ0v) is 28.9. The van der Waals surface area contributed by atoms with E-state index in [0.717, 1.165) is 51.0 Å². The largest absolute Gasteiger partial charge is 0.455 e. The molecule has 0 unspecified atom stereocenters. The Kier molecular flexibility index (Phi) is 6.62. The van der Waals surface area contributed by atoms with E-state index in [1.165, 1.54) is 55.9 Å². The molecular formula is C50H33N2O+. The summed E-state index contributed by atoms with van der Waals surface area (Å²) in [5.74, 6) is 0. The van der Waals surface area contributed by atoms with Crippen LogP contribution in [0.2, 0.25) is 0 Å². The molecule has 53 heavy (non-hydrogen) atoms. The number of furan rings is 1. The van der Waals surface area contributed by atoms with E-state index >= 15 is 0 Å². The summed E-state index contributed by atoms with van der Waals surface area (Å²) in [6, 6.07) is 65.8. The van der Waals surface area contributed by atoms with Crippen LogP contribution in [0.1, 0.15) is 0 Å². The lowest BCUT2D eigenvalue weighted by atomic mass is 9.78. The van der Waals surface area contributed by atoms with Gasteiger partial charge < -0.3 is 9.32 Å². The van der Waals surface area contributed by atoms with E-state index < -0.39 is 0 Å². The maximum absolute atomic E-state index is 6.67. The van der Waals surface area contributed by atoms with Crippen molar-refractivity contribution >= 4 is 50.9 Å². The van der Waals surface area contributed by atoms with Crippen LogP contribution in [0.4, 0.5) is 22.7 Å². The van der Waals surface area contributed by atoms with Crippen LogP contribution in [0, 0.1) is 0 Å². The highest BCUT2D eigenvalue weighted by Gasteiger charge is 2.33. The Bertz CT molecular complexity index is 2920. The number of fused-ring (bicyclic) bond motifs is 12. The van der Waals surface area contributed by atoms with Crippen molar-refractivity contribution in [3.8, 4) is 55.6 Å². The predicted octanol–water partition coefficient (Wildman–Crippen LogP) is 13.3. The Morgan fingerprint density at radius 3 is 1.77 bits per heavy atom. The van der Waals surface area contributed by atoms with Gasteiger partial charge >= 0.3 is 0 Å². The topological polar surface area (TPSA) is 19.4 Å². The number of para-hydroxylation sites is 4. The highest BCUT2D eigenvalue weighted by molar-refractivity contribution is 6.14. The number of nitrogens with zero attached hydrogens (tertiary/aromatic N) is 2. The highest BCUT2D eigenvalue weighted by Crippen LogP contribution is 2.54. The van der Waals surface area contributed by atoms with Gasteiger partial charge in [0.15, 0.2) is 6.21 Å². The average Bonchev–Trinajstić information content (AvgIpc) is 3.62. The Labute approximate surface area is 308 Å². The van der Waals surface area contributed by atoms with Crippen LogP contribution in [0.3, 0.4) is 0 Å². The van der Waals surface area contributed by atoms with Crippen molar-refractivity contribution in [2.45, 2.75) is 0 Å². The minimum atomic E-state index is 0.741. The lowest BCUT2D eigenvalue weighted by Crippen LogP contribution is -2.29. The second kappa shape index (κ2) is 11.8. The summed E-state index contributed by atoms with van der Waals surface area (Å²) in [4.78, 5) is 2.44. The number of anilines is 2. The third kappa shape index (κ3) is 4.57. The van der Waals surface area contributed by atoms with Crippen molar-refractivity contribution in [3.63, 3.8) is 0 Å². The first-order valence-corrected chi connectivity index (χ1v) is 18.2. The van der Waals surface area contributed by atoms with Crippen molar-refractivity contribution < 1.29 is 4.42 Å². The Morgan fingerprint density at radius 1 is 0.434 bits per heavy atom. The molecule has 0 radical (unpaired) electrons. The van der Waals surface area contributed by atoms with Gasteiger partial charge in [-0.15, -0.1) is 0 Å². The van der Waals surface area contributed by atoms with E-state index in [2.05, 4.69) is 192 Å². The molecule has 0 spiro atoms. The molecule has 11 rings (SSSR count). The van der Waals surface area contributed by atoms with E-state index in [1.54, 1.807) is 0 Å². The first-order chi connectivity index (χ1) is 26.3. The third-order valence-corrected chi connectivity index (χ3v) is 11.0. The van der Waals surface area contributed by atoms with Crippen LogP contribution in [0.25, 0.3) is 77.6 Å². The Hall–Kier alpha value is -6.97. The molecule has 1 aliphatic heterocycles. The molecule has 0 bridgehead atoms. The first kappa shape index (κ1) is 29.7. The van der Waals surface area contributed by atoms with Gasteiger partial charge in [-0.25, -0.2) is 0 Å². The summed E-state index contributed by atoms with van der Waals surface area (Å²) in [5, 5.41) is 2.26. The van der Waals surface area contributed by atoms with Gasteiger partial charge in [0.1, 0.15) is 23.4 Å². The predicted molar refractivity (Wildman–Crippen MR) is 222 cm³/mol. The molecule has 0 amide bonds. The highest BCUT2D eigenvalue weighted by atomic mass is 16.3. The van der Waals surface area contributed by atoms with Crippen molar-refractivity contribution in [2.75, 3.05) is 11.4 Å². The van der Waals surface area contributed by atoms with Crippen LogP contribution in [-0.4, -0.2) is 12.8 Å². The van der Waals surface area contributed by atoms with Crippen LogP contribution in [-0.2, 0) is 0 Å². The third-order valence-electron chi connectivity index (χ3n) is 11.0.